The zero-order valence-electron chi connectivity index (χ0n) is 9.65. The van der Waals surface area contributed by atoms with E-state index in [2.05, 4.69) is 18.9 Å². The van der Waals surface area contributed by atoms with Gasteiger partial charge in [0.25, 0.3) is 0 Å². The van der Waals surface area contributed by atoms with Crippen molar-refractivity contribution in [3.05, 3.63) is 0 Å². The Kier molecular flexibility index (Phi) is 3.01. The average Bonchev–Trinajstić information content (AvgIpc) is 2.16. The molecule has 0 radical (unpaired) electrons. The van der Waals surface area contributed by atoms with Crippen LogP contribution < -0.4 is 0 Å². The largest absolute Gasteiger partial charge is 0.481 e. The lowest BCUT2D eigenvalue weighted by Crippen LogP contribution is -2.50. The first kappa shape index (κ1) is 10.9. The first-order chi connectivity index (χ1) is 7.08. The van der Waals surface area contributed by atoms with E-state index in [1.807, 2.05) is 0 Å². The molecule has 0 bridgehead atoms. The van der Waals surface area contributed by atoms with Gasteiger partial charge in [-0.1, -0.05) is 6.92 Å². The highest BCUT2D eigenvalue weighted by molar-refractivity contribution is 5.70. The smallest absolute Gasteiger partial charge is 0.307 e. The second-order valence-corrected chi connectivity index (χ2v) is 5.46. The van der Waals surface area contributed by atoms with E-state index in [1.165, 1.54) is 19.3 Å². The Morgan fingerprint density at radius 2 is 2.07 bits per heavy atom. The fraction of sp³-hybridized carbons (Fsp3) is 0.917. The number of rotatable bonds is 1. The highest BCUT2D eigenvalue weighted by atomic mass is 16.4. The molecule has 3 nitrogen and oxygen atoms in total. The van der Waals surface area contributed by atoms with Crippen LogP contribution in [0.4, 0.5) is 0 Å². The van der Waals surface area contributed by atoms with Gasteiger partial charge in [-0.2, -0.15) is 0 Å². The number of carboxylic acid groups (broad SMARTS) is 1. The summed E-state index contributed by atoms with van der Waals surface area (Å²) in [6, 6.07) is 0.650. The highest BCUT2D eigenvalue weighted by Crippen LogP contribution is 2.39. The van der Waals surface area contributed by atoms with Crippen LogP contribution in [0.5, 0.6) is 0 Å². The molecule has 1 saturated heterocycles. The van der Waals surface area contributed by atoms with Crippen LogP contribution in [0.15, 0.2) is 0 Å². The van der Waals surface area contributed by atoms with E-state index >= 15 is 0 Å². The summed E-state index contributed by atoms with van der Waals surface area (Å²) >= 11 is 0. The average molecular weight is 211 g/mol. The number of hydrogen-bond donors (Lipinski definition) is 1. The molecule has 2 fully saturated rings. The molecule has 2 rings (SSSR count). The van der Waals surface area contributed by atoms with Crippen molar-refractivity contribution in [2.24, 2.45) is 17.8 Å². The molecule has 1 saturated carbocycles. The van der Waals surface area contributed by atoms with Crippen LogP contribution in [0.1, 0.15) is 32.6 Å². The molecule has 1 N–H and O–H groups in total. The Balaban J connectivity index is 2.05. The third-order valence-corrected chi connectivity index (χ3v) is 4.22. The van der Waals surface area contributed by atoms with Crippen LogP contribution in [0, 0.1) is 17.8 Å². The fourth-order valence-corrected chi connectivity index (χ4v) is 3.42. The zero-order chi connectivity index (χ0) is 11.0. The SMILES string of the molecule is CC1CCC2C(C1)CC(C(=O)O)CN2C. The van der Waals surface area contributed by atoms with Crippen molar-refractivity contribution in [1.82, 2.24) is 4.90 Å². The number of carbonyl (C=O) groups is 1. The van der Waals surface area contributed by atoms with Gasteiger partial charge >= 0.3 is 5.97 Å². The molecule has 4 unspecified atom stereocenters. The summed E-state index contributed by atoms with van der Waals surface area (Å²) in [7, 11) is 2.09. The second kappa shape index (κ2) is 4.12. The van der Waals surface area contributed by atoms with Gasteiger partial charge in [0, 0.05) is 12.6 Å². The Bertz CT molecular complexity index is 254. The Labute approximate surface area is 91.5 Å². The molecular weight excluding hydrogens is 190 g/mol. The summed E-state index contributed by atoms with van der Waals surface area (Å²) in [4.78, 5) is 13.3. The molecule has 1 aliphatic heterocycles. The minimum atomic E-state index is -0.612. The van der Waals surface area contributed by atoms with Crippen molar-refractivity contribution in [3.63, 3.8) is 0 Å². The normalized spacial score (nSPS) is 42.3. The molecule has 86 valence electrons. The van der Waals surface area contributed by atoms with Gasteiger partial charge in [-0.25, -0.2) is 0 Å². The maximum atomic E-state index is 11.0. The Hall–Kier alpha value is -0.570. The molecule has 1 aliphatic carbocycles. The van der Waals surface area contributed by atoms with Crippen LogP contribution in [0.25, 0.3) is 0 Å². The summed E-state index contributed by atoms with van der Waals surface area (Å²) in [6.07, 6.45) is 4.69. The van der Waals surface area contributed by atoms with Crippen molar-refractivity contribution in [2.75, 3.05) is 13.6 Å². The van der Waals surface area contributed by atoms with Crippen molar-refractivity contribution in [1.29, 1.82) is 0 Å². The van der Waals surface area contributed by atoms with Crippen LogP contribution in [-0.2, 0) is 4.79 Å². The maximum absolute atomic E-state index is 11.0. The fourth-order valence-electron chi connectivity index (χ4n) is 3.42. The van der Waals surface area contributed by atoms with E-state index in [-0.39, 0.29) is 5.92 Å². The van der Waals surface area contributed by atoms with Gasteiger partial charge in [-0.3, -0.25) is 4.79 Å². The molecule has 0 amide bonds. The van der Waals surface area contributed by atoms with Crippen LogP contribution in [0.2, 0.25) is 0 Å². The van der Waals surface area contributed by atoms with Crippen LogP contribution >= 0.6 is 0 Å². The predicted molar refractivity (Wildman–Crippen MR) is 58.7 cm³/mol. The lowest BCUT2D eigenvalue weighted by Gasteiger charge is -2.46. The Morgan fingerprint density at radius 1 is 1.33 bits per heavy atom. The number of fused-ring (bicyclic) bond motifs is 1. The summed E-state index contributed by atoms with van der Waals surface area (Å²) in [5, 5.41) is 9.09. The molecule has 0 aromatic carbocycles. The van der Waals surface area contributed by atoms with Gasteiger partial charge in [-0.15, -0.1) is 0 Å². The van der Waals surface area contributed by atoms with Crippen molar-refractivity contribution in [3.8, 4) is 0 Å². The predicted octanol–water partition coefficient (Wildman–Crippen LogP) is 1.83. The van der Waals surface area contributed by atoms with Gasteiger partial charge in [0.05, 0.1) is 5.92 Å². The monoisotopic (exact) mass is 211 g/mol. The first-order valence-electron chi connectivity index (χ1n) is 6.01. The Morgan fingerprint density at radius 3 is 2.73 bits per heavy atom. The number of aliphatic carboxylic acids is 1. The van der Waals surface area contributed by atoms with Crippen molar-refractivity contribution in [2.45, 2.75) is 38.6 Å². The van der Waals surface area contributed by atoms with E-state index < -0.39 is 5.97 Å². The number of nitrogens with zero attached hydrogens (tertiary/aromatic N) is 1. The summed E-state index contributed by atoms with van der Waals surface area (Å²) in [6.45, 7) is 3.03. The lowest BCUT2D eigenvalue weighted by atomic mass is 9.72. The number of hydrogen-bond acceptors (Lipinski definition) is 2. The molecular formula is C12H21NO2. The van der Waals surface area contributed by atoms with Gasteiger partial charge in [0.2, 0.25) is 0 Å². The third kappa shape index (κ3) is 2.17. The third-order valence-electron chi connectivity index (χ3n) is 4.22. The highest BCUT2D eigenvalue weighted by Gasteiger charge is 2.39. The quantitative estimate of drug-likeness (QED) is 0.719. The number of carboxylic acids is 1. The standard InChI is InChI=1S/C12H21NO2/c1-8-3-4-11-9(5-8)6-10(12(14)15)7-13(11)2/h8-11H,3-7H2,1-2H3,(H,14,15). The van der Waals surface area contributed by atoms with Crippen molar-refractivity contribution < 1.29 is 9.90 Å². The van der Waals surface area contributed by atoms with Crippen LogP contribution in [-0.4, -0.2) is 35.6 Å². The minimum absolute atomic E-state index is 0.137. The molecule has 1 heterocycles. The number of likely N-dealkylation sites (tertiary alicyclic amines) is 1. The molecule has 0 spiro atoms. The summed E-state index contributed by atoms with van der Waals surface area (Å²) in [5.74, 6) is 0.654. The van der Waals surface area contributed by atoms with Crippen molar-refractivity contribution >= 4 is 5.97 Å². The summed E-state index contributed by atoms with van der Waals surface area (Å²) < 4.78 is 0. The molecule has 3 heteroatoms. The topological polar surface area (TPSA) is 40.5 Å². The number of piperidine rings is 1. The van der Waals surface area contributed by atoms with Gasteiger partial charge in [0.15, 0.2) is 0 Å². The molecule has 4 atom stereocenters. The maximum Gasteiger partial charge on any atom is 0.307 e. The van der Waals surface area contributed by atoms with Crippen LogP contribution in [0.3, 0.4) is 0 Å². The van der Waals surface area contributed by atoms with E-state index in [0.29, 0.717) is 12.0 Å². The van der Waals surface area contributed by atoms with Gasteiger partial charge in [-0.05, 0) is 44.6 Å². The van der Waals surface area contributed by atoms with Gasteiger partial charge in [0.1, 0.15) is 0 Å². The molecule has 15 heavy (non-hydrogen) atoms. The summed E-state index contributed by atoms with van der Waals surface area (Å²) in [5.41, 5.74) is 0. The molecule has 2 aliphatic rings. The van der Waals surface area contributed by atoms with E-state index in [9.17, 15) is 4.79 Å². The minimum Gasteiger partial charge on any atom is -0.481 e. The van der Waals surface area contributed by atoms with Gasteiger partial charge < -0.3 is 10.0 Å². The van der Waals surface area contributed by atoms with E-state index in [4.69, 9.17) is 5.11 Å². The van der Waals surface area contributed by atoms with E-state index in [0.717, 1.165) is 18.9 Å². The molecule has 0 aromatic heterocycles. The zero-order valence-corrected chi connectivity index (χ0v) is 9.65. The molecule has 0 aromatic rings. The lowest BCUT2D eigenvalue weighted by molar-refractivity contribution is -0.145. The second-order valence-electron chi connectivity index (χ2n) is 5.46. The van der Waals surface area contributed by atoms with E-state index in [1.54, 1.807) is 0 Å². The first-order valence-corrected chi connectivity index (χ1v) is 6.01.